The maximum absolute atomic E-state index is 6.38. The Labute approximate surface area is 116 Å². The van der Waals surface area contributed by atoms with Crippen molar-refractivity contribution in [1.29, 1.82) is 0 Å². The van der Waals surface area contributed by atoms with E-state index in [9.17, 15) is 0 Å². The van der Waals surface area contributed by atoms with Gasteiger partial charge in [0.05, 0.1) is 0 Å². The van der Waals surface area contributed by atoms with Gasteiger partial charge in [0.2, 0.25) is 0 Å². The molecular weight excluding hydrogens is 292 g/mol. The Balaban J connectivity index is 1.64. The van der Waals surface area contributed by atoms with E-state index in [0.29, 0.717) is 6.04 Å². The molecule has 4 heterocycles. The molecule has 0 aliphatic carbocycles. The molecule has 2 bridgehead atoms. The average molecular weight is 311 g/mol. The number of halogens is 1. The third kappa shape index (κ3) is 2.59. The van der Waals surface area contributed by atoms with Crippen LogP contribution in [-0.4, -0.2) is 59.6 Å². The molecule has 98 valence electrons. The first-order chi connectivity index (χ1) is 8.72. The lowest BCUT2D eigenvalue weighted by molar-refractivity contribution is 0.00247. The van der Waals surface area contributed by atoms with E-state index in [4.69, 9.17) is 5.73 Å². The maximum Gasteiger partial charge on any atom is 0.0420 e. The van der Waals surface area contributed by atoms with Crippen molar-refractivity contribution in [3.63, 3.8) is 0 Å². The average Bonchev–Trinajstić information content (AvgIpc) is 2.42. The van der Waals surface area contributed by atoms with Crippen molar-refractivity contribution < 1.29 is 0 Å². The lowest BCUT2D eigenvalue weighted by Crippen LogP contribution is -2.66. The molecule has 4 nitrogen and oxygen atoms in total. The van der Waals surface area contributed by atoms with Crippen LogP contribution in [0.5, 0.6) is 0 Å². The van der Waals surface area contributed by atoms with Crippen LogP contribution < -0.4 is 5.73 Å². The molecule has 3 fully saturated rings. The Kier molecular flexibility index (Phi) is 3.66. The molecule has 1 aromatic rings. The van der Waals surface area contributed by atoms with Crippen LogP contribution in [0, 0.1) is 0 Å². The molecule has 4 rings (SSSR count). The minimum atomic E-state index is 0.182. The van der Waals surface area contributed by atoms with Crippen molar-refractivity contribution in [2.45, 2.75) is 18.5 Å². The van der Waals surface area contributed by atoms with Gasteiger partial charge in [-0.25, -0.2) is 0 Å². The van der Waals surface area contributed by atoms with Gasteiger partial charge in [0.15, 0.2) is 0 Å². The van der Waals surface area contributed by atoms with E-state index < -0.39 is 0 Å². The first-order valence-electron chi connectivity index (χ1n) is 6.55. The molecule has 3 aliphatic heterocycles. The molecule has 0 radical (unpaired) electrons. The normalized spacial score (nSPS) is 32.4. The Bertz CT molecular complexity index is 400. The fourth-order valence-electron chi connectivity index (χ4n) is 2.97. The van der Waals surface area contributed by atoms with Crippen LogP contribution in [0.25, 0.3) is 0 Å². The summed E-state index contributed by atoms with van der Waals surface area (Å²) in [6, 6.07) is 4.77. The van der Waals surface area contributed by atoms with Gasteiger partial charge in [0.25, 0.3) is 0 Å². The fourth-order valence-corrected chi connectivity index (χ4v) is 3.20. The number of aromatic nitrogens is 1. The molecule has 2 atom stereocenters. The summed E-state index contributed by atoms with van der Waals surface area (Å²) in [6.07, 6.45) is 2.71. The van der Waals surface area contributed by atoms with Gasteiger partial charge in [0, 0.05) is 67.6 Å². The summed E-state index contributed by atoms with van der Waals surface area (Å²) >= 11 is 3.41. The highest BCUT2D eigenvalue weighted by Gasteiger charge is 2.35. The summed E-state index contributed by atoms with van der Waals surface area (Å²) in [5, 5.41) is 0. The lowest BCUT2D eigenvalue weighted by atomic mass is 9.97. The molecule has 0 amide bonds. The zero-order chi connectivity index (χ0) is 12.5. The Morgan fingerprint density at radius 2 is 2.11 bits per heavy atom. The SMILES string of the molecule is NC(Cc1ccc(Br)cn1)C1CN2CCN1CC2. The van der Waals surface area contributed by atoms with Crippen molar-refractivity contribution in [3.05, 3.63) is 28.5 Å². The third-order valence-electron chi connectivity index (χ3n) is 4.05. The molecule has 2 N–H and O–H groups in total. The van der Waals surface area contributed by atoms with Crippen LogP contribution in [0.2, 0.25) is 0 Å². The summed E-state index contributed by atoms with van der Waals surface area (Å²) < 4.78 is 1.02. The smallest absolute Gasteiger partial charge is 0.0420 e. The number of fused-ring (bicyclic) bond motifs is 3. The van der Waals surface area contributed by atoms with E-state index in [1.807, 2.05) is 12.3 Å². The second kappa shape index (κ2) is 5.25. The zero-order valence-corrected chi connectivity index (χ0v) is 12.0. The minimum absolute atomic E-state index is 0.182. The Morgan fingerprint density at radius 3 is 2.67 bits per heavy atom. The summed E-state index contributed by atoms with van der Waals surface area (Å²) in [7, 11) is 0. The van der Waals surface area contributed by atoms with Gasteiger partial charge in [-0.2, -0.15) is 0 Å². The number of rotatable bonds is 3. The van der Waals surface area contributed by atoms with Crippen LogP contribution in [0.1, 0.15) is 5.69 Å². The highest BCUT2D eigenvalue weighted by Crippen LogP contribution is 2.19. The molecule has 1 aromatic heterocycles. The number of piperazine rings is 3. The summed E-state index contributed by atoms with van der Waals surface area (Å²) in [5.74, 6) is 0. The second-order valence-corrected chi connectivity index (χ2v) is 6.16. The predicted octanol–water partition coefficient (Wildman–Crippen LogP) is 0.714. The van der Waals surface area contributed by atoms with Gasteiger partial charge in [-0.15, -0.1) is 0 Å². The van der Waals surface area contributed by atoms with Crippen LogP contribution in [-0.2, 0) is 6.42 Å². The van der Waals surface area contributed by atoms with Crippen molar-refractivity contribution in [3.8, 4) is 0 Å². The summed E-state index contributed by atoms with van der Waals surface area (Å²) in [6.45, 7) is 5.88. The van der Waals surface area contributed by atoms with Gasteiger partial charge in [-0.05, 0) is 28.1 Å². The van der Waals surface area contributed by atoms with Gasteiger partial charge in [0.1, 0.15) is 0 Å². The van der Waals surface area contributed by atoms with Gasteiger partial charge in [-0.3, -0.25) is 14.8 Å². The lowest BCUT2D eigenvalue weighted by Gasteiger charge is -2.49. The summed E-state index contributed by atoms with van der Waals surface area (Å²) in [5.41, 5.74) is 7.47. The van der Waals surface area contributed by atoms with Gasteiger partial charge in [-0.1, -0.05) is 0 Å². The van der Waals surface area contributed by atoms with E-state index in [1.54, 1.807) is 0 Å². The molecule has 5 heteroatoms. The molecule has 3 saturated heterocycles. The third-order valence-corrected chi connectivity index (χ3v) is 4.52. The molecule has 0 saturated carbocycles. The Hall–Kier alpha value is -0.490. The van der Waals surface area contributed by atoms with Gasteiger partial charge >= 0.3 is 0 Å². The highest BCUT2D eigenvalue weighted by molar-refractivity contribution is 9.10. The number of hydrogen-bond acceptors (Lipinski definition) is 4. The monoisotopic (exact) mass is 310 g/mol. The van der Waals surface area contributed by atoms with E-state index in [2.05, 4.69) is 36.8 Å². The summed E-state index contributed by atoms with van der Waals surface area (Å²) in [4.78, 5) is 9.49. The largest absolute Gasteiger partial charge is 0.326 e. The number of nitrogens with two attached hydrogens (primary N) is 1. The number of nitrogens with zero attached hydrogens (tertiary/aromatic N) is 3. The predicted molar refractivity (Wildman–Crippen MR) is 75.4 cm³/mol. The molecule has 0 aromatic carbocycles. The van der Waals surface area contributed by atoms with E-state index in [0.717, 1.165) is 23.1 Å². The van der Waals surface area contributed by atoms with E-state index >= 15 is 0 Å². The molecule has 18 heavy (non-hydrogen) atoms. The van der Waals surface area contributed by atoms with Crippen LogP contribution >= 0.6 is 15.9 Å². The Morgan fingerprint density at radius 1 is 1.33 bits per heavy atom. The second-order valence-electron chi connectivity index (χ2n) is 5.24. The van der Waals surface area contributed by atoms with Crippen molar-refractivity contribution in [1.82, 2.24) is 14.8 Å². The molecule has 0 spiro atoms. The standard InChI is InChI=1S/C13H19BrN4/c14-10-1-2-11(16-8-10)7-12(15)13-9-17-3-5-18(13)6-4-17/h1-2,8,12-13H,3-7,9,15H2. The van der Waals surface area contributed by atoms with Crippen molar-refractivity contribution >= 4 is 15.9 Å². The first kappa shape index (κ1) is 12.5. The van der Waals surface area contributed by atoms with E-state index in [-0.39, 0.29) is 6.04 Å². The molecule has 3 aliphatic rings. The molecular formula is C13H19BrN4. The topological polar surface area (TPSA) is 45.4 Å². The molecule has 2 unspecified atom stereocenters. The van der Waals surface area contributed by atoms with Crippen molar-refractivity contribution in [2.75, 3.05) is 32.7 Å². The van der Waals surface area contributed by atoms with Gasteiger partial charge < -0.3 is 5.73 Å². The van der Waals surface area contributed by atoms with Crippen LogP contribution in [0.4, 0.5) is 0 Å². The fraction of sp³-hybridized carbons (Fsp3) is 0.615. The first-order valence-corrected chi connectivity index (χ1v) is 7.34. The maximum atomic E-state index is 6.38. The van der Waals surface area contributed by atoms with Crippen LogP contribution in [0.3, 0.4) is 0 Å². The quantitative estimate of drug-likeness (QED) is 0.893. The zero-order valence-electron chi connectivity index (χ0n) is 10.4. The highest BCUT2D eigenvalue weighted by atomic mass is 79.9. The van der Waals surface area contributed by atoms with Crippen molar-refractivity contribution in [2.24, 2.45) is 5.73 Å². The van der Waals surface area contributed by atoms with Crippen LogP contribution in [0.15, 0.2) is 22.8 Å². The number of hydrogen-bond donors (Lipinski definition) is 1. The minimum Gasteiger partial charge on any atom is -0.326 e. The van der Waals surface area contributed by atoms with E-state index in [1.165, 1.54) is 26.2 Å². The number of pyridine rings is 1.